The zero-order valence-electron chi connectivity index (χ0n) is 18.7. The van der Waals surface area contributed by atoms with Crippen LogP contribution in [0.2, 0.25) is 0 Å². The Morgan fingerprint density at radius 3 is 2.53 bits per heavy atom. The Morgan fingerprint density at radius 2 is 1.94 bits per heavy atom. The summed E-state index contributed by atoms with van der Waals surface area (Å²) < 4.78 is 17.2. The SMILES string of the molecule is Cc1ccc(C2/C(=C(/O)c3ccc(OCC(C)C)cc3)C(=O)C(=O)N2CC2CCCO2)o1. The largest absolute Gasteiger partial charge is 0.507 e. The quantitative estimate of drug-likeness (QED) is 0.395. The van der Waals surface area contributed by atoms with Gasteiger partial charge in [-0.1, -0.05) is 13.8 Å². The summed E-state index contributed by atoms with van der Waals surface area (Å²) in [6.45, 7) is 7.42. The molecule has 32 heavy (non-hydrogen) atoms. The summed E-state index contributed by atoms with van der Waals surface area (Å²) in [4.78, 5) is 27.4. The molecular weight excluding hydrogens is 410 g/mol. The van der Waals surface area contributed by atoms with Crippen molar-refractivity contribution in [3.05, 3.63) is 59.1 Å². The lowest BCUT2D eigenvalue weighted by Crippen LogP contribution is -2.36. The number of hydrogen-bond donors (Lipinski definition) is 1. The molecule has 7 heteroatoms. The molecule has 3 heterocycles. The number of aliphatic hydroxyl groups is 1. The monoisotopic (exact) mass is 439 g/mol. The second-order valence-electron chi connectivity index (χ2n) is 8.76. The number of ketones is 1. The number of furan rings is 1. The molecule has 0 aliphatic carbocycles. The Morgan fingerprint density at radius 1 is 1.19 bits per heavy atom. The third kappa shape index (κ3) is 4.43. The zero-order chi connectivity index (χ0) is 22.8. The van der Waals surface area contributed by atoms with E-state index in [0.717, 1.165) is 12.8 Å². The van der Waals surface area contributed by atoms with Crippen LogP contribution in [-0.4, -0.2) is 47.6 Å². The summed E-state index contributed by atoms with van der Waals surface area (Å²) in [6.07, 6.45) is 1.61. The Hall–Kier alpha value is -3.06. The van der Waals surface area contributed by atoms with Gasteiger partial charge in [0.2, 0.25) is 0 Å². The van der Waals surface area contributed by atoms with Crippen molar-refractivity contribution in [2.24, 2.45) is 5.92 Å². The first-order valence-electron chi connectivity index (χ1n) is 11.0. The molecule has 2 aliphatic rings. The van der Waals surface area contributed by atoms with E-state index in [9.17, 15) is 14.7 Å². The van der Waals surface area contributed by atoms with Gasteiger partial charge in [0.1, 0.15) is 29.1 Å². The second kappa shape index (κ2) is 9.20. The fourth-order valence-corrected chi connectivity index (χ4v) is 4.10. The van der Waals surface area contributed by atoms with E-state index >= 15 is 0 Å². The number of rotatable bonds is 7. The van der Waals surface area contributed by atoms with Crippen molar-refractivity contribution in [2.75, 3.05) is 19.8 Å². The van der Waals surface area contributed by atoms with Gasteiger partial charge in [0.15, 0.2) is 0 Å². The van der Waals surface area contributed by atoms with Crippen molar-refractivity contribution in [1.29, 1.82) is 0 Å². The standard InChI is InChI=1S/C25H29NO6/c1-15(2)14-31-18-9-7-17(8-10-18)23(27)21-22(20-11-6-16(3)32-20)26(25(29)24(21)28)13-19-5-4-12-30-19/h6-11,15,19,22,27H,4-5,12-14H2,1-3H3/b23-21-. The van der Waals surface area contributed by atoms with Gasteiger partial charge in [-0.2, -0.15) is 0 Å². The number of aryl methyl sites for hydroxylation is 1. The van der Waals surface area contributed by atoms with Crippen LogP contribution in [0.1, 0.15) is 49.8 Å². The van der Waals surface area contributed by atoms with Gasteiger partial charge in [0.25, 0.3) is 11.7 Å². The summed E-state index contributed by atoms with van der Waals surface area (Å²) in [5, 5.41) is 11.1. The van der Waals surface area contributed by atoms with E-state index in [1.54, 1.807) is 43.3 Å². The Labute approximate surface area is 187 Å². The van der Waals surface area contributed by atoms with Crippen LogP contribution in [0.25, 0.3) is 5.76 Å². The van der Waals surface area contributed by atoms with E-state index in [4.69, 9.17) is 13.9 Å². The lowest BCUT2D eigenvalue weighted by atomic mass is 9.99. The maximum absolute atomic E-state index is 13.0. The number of carbonyl (C=O) groups is 2. The van der Waals surface area contributed by atoms with E-state index in [2.05, 4.69) is 13.8 Å². The molecule has 0 radical (unpaired) electrons. The molecule has 0 bridgehead atoms. The van der Waals surface area contributed by atoms with Gasteiger partial charge in [0, 0.05) is 18.7 Å². The predicted molar refractivity (Wildman–Crippen MR) is 118 cm³/mol. The summed E-state index contributed by atoms with van der Waals surface area (Å²) >= 11 is 0. The Bertz CT molecular complexity index is 1010. The number of nitrogens with zero attached hydrogens (tertiary/aromatic N) is 1. The molecule has 2 aromatic rings. The van der Waals surface area contributed by atoms with Crippen LogP contribution >= 0.6 is 0 Å². The number of likely N-dealkylation sites (tertiary alicyclic amines) is 1. The van der Waals surface area contributed by atoms with Crippen LogP contribution in [0.4, 0.5) is 0 Å². The van der Waals surface area contributed by atoms with E-state index < -0.39 is 17.7 Å². The minimum atomic E-state index is -0.801. The first kappa shape index (κ1) is 22.1. The smallest absolute Gasteiger partial charge is 0.295 e. The highest BCUT2D eigenvalue weighted by Gasteiger charge is 2.48. The molecule has 1 amide bonds. The molecule has 2 fully saturated rings. The van der Waals surface area contributed by atoms with E-state index in [1.165, 1.54) is 4.90 Å². The maximum atomic E-state index is 13.0. The molecule has 2 saturated heterocycles. The maximum Gasteiger partial charge on any atom is 0.295 e. The average molecular weight is 440 g/mol. The molecule has 7 nitrogen and oxygen atoms in total. The van der Waals surface area contributed by atoms with Gasteiger partial charge >= 0.3 is 0 Å². The Kier molecular flexibility index (Phi) is 6.37. The molecule has 4 rings (SSSR count). The number of hydrogen-bond acceptors (Lipinski definition) is 6. The first-order chi connectivity index (χ1) is 15.3. The number of amides is 1. The third-order valence-corrected chi connectivity index (χ3v) is 5.71. The molecule has 0 saturated carbocycles. The summed E-state index contributed by atoms with van der Waals surface area (Å²) in [5.41, 5.74) is 0.462. The second-order valence-corrected chi connectivity index (χ2v) is 8.76. The topological polar surface area (TPSA) is 89.2 Å². The van der Waals surface area contributed by atoms with E-state index in [0.29, 0.717) is 42.0 Å². The average Bonchev–Trinajstić information content (AvgIpc) is 3.49. The molecule has 2 atom stereocenters. The molecule has 0 spiro atoms. The molecule has 2 aliphatic heterocycles. The molecule has 2 unspecified atom stereocenters. The number of carbonyl (C=O) groups excluding carboxylic acids is 2. The highest BCUT2D eigenvalue weighted by atomic mass is 16.5. The molecule has 1 aromatic heterocycles. The number of ether oxygens (including phenoxy) is 2. The van der Waals surface area contributed by atoms with Crippen molar-refractivity contribution in [3.8, 4) is 5.75 Å². The van der Waals surface area contributed by atoms with Gasteiger partial charge < -0.3 is 23.9 Å². The molecule has 1 aromatic carbocycles. The van der Waals surface area contributed by atoms with E-state index in [-0.39, 0.29) is 24.0 Å². The van der Waals surface area contributed by atoms with Gasteiger partial charge in [0.05, 0.1) is 18.3 Å². The molecule has 170 valence electrons. The summed E-state index contributed by atoms with van der Waals surface area (Å²) in [6, 6.07) is 9.57. The lowest BCUT2D eigenvalue weighted by molar-refractivity contribution is -0.141. The third-order valence-electron chi connectivity index (χ3n) is 5.71. The van der Waals surface area contributed by atoms with E-state index in [1.807, 2.05) is 0 Å². The van der Waals surface area contributed by atoms with Gasteiger partial charge in [-0.05, 0) is 62.1 Å². The molecule has 1 N–H and O–H groups in total. The first-order valence-corrected chi connectivity index (χ1v) is 11.0. The highest BCUT2D eigenvalue weighted by Crippen LogP contribution is 2.40. The minimum Gasteiger partial charge on any atom is -0.507 e. The fraction of sp³-hybridized carbons (Fsp3) is 0.440. The lowest BCUT2D eigenvalue weighted by Gasteiger charge is -2.25. The minimum absolute atomic E-state index is 0.0261. The predicted octanol–water partition coefficient (Wildman–Crippen LogP) is 4.22. The number of benzene rings is 1. The van der Waals surface area contributed by atoms with Gasteiger partial charge in [-0.3, -0.25) is 9.59 Å². The Balaban J connectivity index is 1.70. The van der Waals surface area contributed by atoms with Crippen LogP contribution in [0, 0.1) is 12.8 Å². The molecular formula is C25H29NO6. The zero-order valence-corrected chi connectivity index (χ0v) is 18.7. The van der Waals surface area contributed by atoms with Crippen molar-refractivity contribution in [1.82, 2.24) is 4.90 Å². The highest BCUT2D eigenvalue weighted by molar-refractivity contribution is 6.46. The van der Waals surface area contributed by atoms with Crippen LogP contribution in [0.3, 0.4) is 0 Å². The van der Waals surface area contributed by atoms with Crippen LogP contribution in [-0.2, 0) is 14.3 Å². The van der Waals surface area contributed by atoms with Crippen LogP contribution < -0.4 is 4.74 Å². The van der Waals surface area contributed by atoms with Crippen molar-refractivity contribution in [2.45, 2.75) is 45.8 Å². The van der Waals surface area contributed by atoms with Gasteiger partial charge in [-0.15, -0.1) is 0 Å². The van der Waals surface area contributed by atoms with Crippen molar-refractivity contribution in [3.63, 3.8) is 0 Å². The number of Topliss-reactive ketones (excluding diaryl/α,β-unsaturated/α-hetero) is 1. The number of aliphatic hydroxyl groups excluding tert-OH is 1. The summed E-state index contributed by atoms with van der Waals surface area (Å²) in [5.74, 6) is 0.560. The normalized spacial score (nSPS) is 22.8. The van der Waals surface area contributed by atoms with Crippen molar-refractivity contribution >= 4 is 17.4 Å². The van der Waals surface area contributed by atoms with Crippen LogP contribution in [0.15, 0.2) is 46.4 Å². The van der Waals surface area contributed by atoms with Crippen LogP contribution in [0.5, 0.6) is 5.75 Å². The van der Waals surface area contributed by atoms with Crippen molar-refractivity contribution < 1.29 is 28.6 Å². The fourth-order valence-electron chi connectivity index (χ4n) is 4.10. The van der Waals surface area contributed by atoms with Gasteiger partial charge in [-0.25, -0.2) is 0 Å². The summed E-state index contributed by atoms with van der Waals surface area (Å²) in [7, 11) is 0.